The number of aliphatic imine (C=N–C) groups is 1. The average molecular weight is 377 g/mol. The molecule has 1 aromatic carbocycles. The lowest BCUT2D eigenvalue weighted by atomic mass is 9.70. The first-order valence-electron chi connectivity index (χ1n) is 9.32. The molecule has 4 atom stereocenters. The zero-order valence-electron chi connectivity index (χ0n) is 15.3. The third kappa shape index (κ3) is 2.03. The molecular weight excluding hydrogens is 358 g/mol. The summed E-state index contributed by atoms with van der Waals surface area (Å²) in [5.74, 6) is -0.0496. The lowest BCUT2D eigenvalue weighted by Crippen LogP contribution is -2.60. The van der Waals surface area contributed by atoms with E-state index in [1.807, 2.05) is 55.5 Å². The lowest BCUT2D eigenvalue weighted by molar-refractivity contribution is -0.798. The van der Waals surface area contributed by atoms with Crippen LogP contribution in [0.4, 0.5) is 0 Å². The van der Waals surface area contributed by atoms with Crippen molar-refractivity contribution in [1.29, 1.82) is 0 Å². The van der Waals surface area contributed by atoms with E-state index in [4.69, 9.17) is 4.74 Å². The number of nitrogens with zero attached hydrogens (tertiary/aromatic N) is 3. The number of benzene rings is 1. The SMILES string of the molecule is CC1CC=C([N+](=O)[O-])C2=C1[N+]1([O-])C=NC3=CC=CCC3(c3ccccc3)C1O2. The van der Waals surface area contributed by atoms with Gasteiger partial charge in [-0.1, -0.05) is 49.4 Å². The molecule has 0 amide bonds. The molecule has 142 valence electrons. The van der Waals surface area contributed by atoms with Crippen molar-refractivity contribution in [2.45, 2.75) is 31.4 Å². The molecule has 7 nitrogen and oxygen atoms in total. The Kier molecular flexibility index (Phi) is 3.50. The Morgan fingerprint density at radius 1 is 1.32 bits per heavy atom. The van der Waals surface area contributed by atoms with Crippen LogP contribution in [-0.4, -0.2) is 22.1 Å². The molecule has 0 saturated heterocycles. The molecule has 5 rings (SSSR count). The highest BCUT2D eigenvalue weighted by Crippen LogP contribution is 2.56. The number of hydrogen-bond donors (Lipinski definition) is 0. The second kappa shape index (κ2) is 5.73. The van der Waals surface area contributed by atoms with Crippen LogP contribution >= 0.6 is 0 Å². The van der Waals surface area contributed by atoms with E-state index >= 15 is 0 Å². The number of hydroxylamine groups is 3. The van der Waals surface area contributed by atoms with Crippen molar-refractivity contribution < 1.29 is 14.3 Å². The molecular formula is C21H19N3O4. The van der Waals surface area contributed by atoms with Crippen molar-refractivity contribution in [3.8, 4) is 0 Å². The normalized spacial score (nSPS) is 35.4. The average Bonchev–Trinajstić information content (AvgIpc) is 3.03. The van der Waals surface area contributed by atoms with E-state index in [-0.39, 0.29) is 17.4 Å². The number of nitro groups is 1. The summed E-state index contributed by atoms with van der Waals surface area (Å²) in [6.07, 6.45) is 8.79. The minimum Gasteiger partial charge on any atom is -0.618 e. The molecule has 2 aliphatic carbocycles. The van der Waals surface area contributed by atoms with Crippen LogP contribution in [0.15, 0.2) is 82.5 Å². The molecule has 0 spiro atoms. The Hall–Kier alpha value is -3.03. The lowest BCUT2D eigenvalue weighted by Gasteiger charge is -2.51. The third-order valence-electron chi connectivity index (χ3n) is 6.11. The van der Waals surface area contributed by atoms with E-state index in [9.17, 15) is 15.3 Å². The largest absolute Gasteiger partial charge is 0.618 e. The van der Waals surface area contributed by atoms with Crippen molar-refractivity contribution >= 4 is 6.34 Å². The molecule has 7 heteroatoms. The summed E-state index contributed by atoms with van der Waals surface area (Å²) in [5.41, 5.74) is 1.14. The summed E-state index contributed by atoms with van der Waals surface area (Å²) in [4.78, 5) is 15.7. The van der Waals surface area contributed by atoms with Gasteiger partial charge in [0.15, 0.2) is 12.0 Å². The van der Waals surface area contributed by atoms with E-state index in [1.54, 1.807) is 6.08 Å². The number of rotatable bonds is 2. The summed E-state index contributed by atoms with van der Waals surface area (Å²) < 4.78 is 5.31. The first-order chi connectivity index (χ1) is 13.5. The number of fused-ring (bicyclic) bond motifs is 4. The van der Waals surface area contributed by atoms with E-state index in [0.29, 0.717) is 18.5 Å². The van der Waals surface area contributed by atoms with Gasteiger partial charge in [0.05, 0.1) is 10.6 Å². The standard InChI is InChI=1S/C21H19N3O4/c1-14-10-11-16(23(25)26)19-18(14)24(27)13-22-17-9-5-6-12-21(17,20(24)28-19)15-7-3-2-4-8-15/h2-9,11,13-14,20H,10,12H2,1H3. The Morgan fingerprint density at radius 2 is 2.11 bits per heavy atom. The topological polar surface area (TPSA) is 87.8 Å². The van der Waals surface area contributed by atoms with Crippen molar-refractivity contribution in [2.75, 3.05) is 0 Å². The number of allylic oxidation sites excluding steroid dienone is 5. The Morgan fingerprint density at radius 3 is 2.86 bits per heavy atom. The molecule has 28 heavy (non-hydrogen) atoms. The van der Waals surface area contributed by atoms with Crippen LogP contribution in [0.5, 0.6) is 0 Å². The van der Waals surface area contributed by atoms with Crippen molar-refractivity contribution in [3.05, 3.63) is 98.4 Å². The minimum atomic E-state index is -0.901. The summed E-state index contributed by atoms with van der Waals surface area (Å²) in [5, 5.41) is 25.8. The summed E-state index contributed by atoms with van der Waals surface area (Å²) in [6.45, 7) is 1.90. The highest BCUT2D eigenvalue weighted by molar-refractivity contribution is 5.60. The van der Waals surface area contributed by atoms with E-state index < -0.39 is 21.2 Å². The Bertz CT molecular complexity index is 1020. The summed E-state index contributed by atoms with van der Waals surface area (Å²) in [6, 6.07) is 9.69. The first-order valence-corrected chi connectivity index (χ1v) is 9.32. The smallest absolute Gasteiger partial charge is 0.313 e. The molecule has 0 aromatic heterocycles. The third-order valence-corrected chi connectivity index (χ3v) is 6.11. The maximum atomic E-state index is 14.2. The van der Waals surface area contributed by atoms with Gasteiger partial charge in [0, 0.05) is 5.92 Å². The van der Waals surface area contributed by atoms with Crippen LogP contribution in [0, 0.1) is 21.2 Å². The van der Waals surface area contributed by atoms with E-state index in [0.717, 1.165) is 11.3 Å². The maximum absolute atomic E-state index is 14.2. The zero-order valence-corrected chi connectivity index (χ0v) is 15.3. The van der Waals surface area contributed by atoms with Crippen LogP contribution < -0.4 is 0 Å². The highest BCUT2D eigenvalue weighted by Gasteiger charge is 2.63. The van der Waals surface area contributed by atoms with Crippen LogP contribution in [0.25, 0.3) is 0 Å². The fourth-order valence-electron chi connectivity index (χ4n) is 4.84. The summed E-state index contributed by atoms with van der Waals surface area (Å²) >= 11 is 0. The molecule has 1 aromatic rings. The van der Waals surface area contributed by atoms with Gasteiger partial charge in [0.1, 0.15) is 5.41 Å². The van der Waals surface area contributed by atoms with Gasteiger partial charge >= 0.3 is 5.70 Å². The second-order valence-electron chi connectivity index (χ2n) is 7.64. The van der Waals surface area contributed by atoms with Gasteiger partial charge in [-0.15, -0.1) is 0 Å². The van der Waals surface area contributed by atoms with Crippen molar-refractivity contribution in [2.24, 2.45) is 10.9 Å². The number of ether oxygens (including phenoxy) is 1. The Balaban J connectivity index is 1.74. The van der Waals surface area contributed by atoms with Crippen molar-refractivity contribution in [1.82, 2.24) is 0 Å². The molecule has 0 N–H and O–H groups in total. The van der Waals surface area contributed by atoms with Crippen LogP contribution in [0.1, 0.15) is 25.3 Å². The molecule has 0 saturated carbocycles. The fourth-order valence-corrected chi connectivity index (χ4v) is 4.84. The number of hydrogen-bond acceptors (Lipinski definition) is 5. The zero-order chi connectivity index (χ0) is 19.5. The van der Waals surface area contributed by atoms with Gasteiger partial charge < -0.3 is 9.94 Å². The minimum absolute atomic E-state index is 0.112. The van der Waals surface area contributed by atoms with Crippen molar-refractivity contribution in [3.63, 3.8) is 0 Å². The molecule has 2 heterocycles. The van der Waals surface area contributed by atoms with Gasteiger partial charge in [-0.3, -0.25) is 10.1 Å². The van der Waals surface area contributed by atoms with Gasteiger partial charge in [0.25, 0.3) is 12.0 Å². The summed E-state index contributed by atoms with van der Waals surface area (Å²) in [7, 11) is 0. The van der Waals surface area contributed by atoms with E-state index in [1.165, 1.54) is 6.34 Å². The fraction of sp³-hybridized carbons (Fsp3) is 0.286. The molecule has 0 bridgehead atoms. The quantitative estimate of drug-likeness (QED) is 0.338. The first kappa shape index (κ1) is 17.1. The molecule has 0 fully saturated rings. The van der Waals surface area contributed by atoms with Crippen LogP contribution in [0.2, 0.25) is 0 Å². The van der Waals surface area contributed by atoms with Gasteiger partial charge in [-0.2, -0.15) is 0 Å². The van der Waals surface area contributed by atoms with E-state index in [2.05, 4.69) is 4.99 Å². The van der Waals surface area contributed by atoms with Gasteiger partial charge in [-0.25, -0.2) is 9.64 Å². The molecule has 4 unspecified atom stereocenters. The maximum Gasteiger partial charge on any atom is 0.313 e. The highest BCUT2D eigenvalue weighted by atomic mass is 16.7. The molecule has 2 aliphatic heterocycles. The van der Waals surface area contributed by atoms with Gasteiger partial charge in [-0.05, 0) is 30.6 Å². The monoisotopic (exact) mass is 377 g/mol. The molecule has 4 aliphatic rings. The number of quaternary nitrogens is 1. The Labute approximate surface area is 162 Å². The molecule has 0 radical (unpaired) electrons. The van der Waals surface area contributed by atoms with Crippen LogP contribution in [-0.2, 0) is 10.2 Å². The van der Waals surface area contributed by atoms with Gasteiger partial charge in [0.2, 0.25) is 0 Å². The predicted octanol–water partition coefficient (Wildman–Crippen LogP) is 3.89. The van der Waals surface area contributed by atoms with Crippen LogP contribution in [0.3, 0.4) is 0 Å². The second-order valence-corrected chi connectivity index (χ2v) is 7.64. The predicted molar refractivity (Wildman–Crippen MR) is 103 cm³/mol.